The second-order valence-electron chi connectivity index (χ2n) is 8.33. The van der Waals surface area contributed by atoms with Gasteiger partial charge in [-0.1, -0.05) is 72.8 Å². The smallest absolute Gasteiger partial charge is 0.274 e. The summed E-state index contributed by atoms with van der Waals surface area (Å²) in [7, 11) is 0. The molecule has 0 bridgehead atoms. The van der Waals surface area contributed by atoms with Gasteiger partial charge in [0, 0.05) is 12.1 Å². The SMILES string of the molecule is CC(Cc1ccccc1)(NC(=O)C(Nc1ccc(-c2ccccc2)cc1)C(O)C(=O)NO)C(N)=O. The third-order valence-corrected chi connectivity index (χ3v) is 5.63. The fraction of sp³-hybridized carbons (Fsp3) is 0.192. The molecular weight excluding hydrogens is 448 g/mol. The molecule has 3 rings (SSSR count). The van der Waals surface area contributed by atoms with E-state index in [2.05, 4.69) is 10.6 Å². The van der Waals surface area contributed by atoms with Crippen LogP contribution >= 0.6 is 0 Å². The van der Waals surface area contributed by atoms with E-state index in [-0.39, 0.29) is 6.42 Å². The second kappa shape index (κ2) is 11.3. The Bertz CT molecular complexity index is 1160. The molecule has 0 fully saturated rings. The normalized spacial score (nSPS) is 14.1. The highest BCUT2D eigenvalue weighted by Crippen LogP contribution is 2.22. The highest BCUT2D eigenvalue weighted by molar-refractivity contribution is 5.97. The first kappa shape index (κ1) is 25.4. The summed E-state index contributed by atoms with van der Waals surface area (Å²) < 4.78 is 0. The fourth-order valence-electron chi connectivity index (χ4n) is 3.62. The molecule has 35 heavy (non-hydrogen) atoms. The van der Waals surface area contributed by atoms with Crippen LogP contribution in [0.2, 0.25) is 0 Å². The Labute approximate surface area is 202 Å². The van der Waals surface area contributed by atoms with Gasteiger partial charge in [-0.25, -0.2) is 5.48 Å². The first-order valence-corrected chi connectivity index (χ1v) is 10.9. The molecule has 0 aliphatic rings. The zero-order valence-electron chi connectivity index (χ0n) is 19.1. The molecule has 7 N–H and O–H groups in total. The van der Waals surface area contributed by atoms with E-state index in [4.69, 9.17) is 10.9 Å². The van der Waals surface area contributed by atoms with Gasteiger partial charge in [0.25, 0.3) is 5.91 Å². The van der Waals surface area contributed by atoms with Crippen molar-refractivity contribution < 1.29 is 24.7 Å². The van der Waals surface area contributed by atoms with Gasteiger partial charge in [0.15, 0.2) is 6.10 Å². The molecule has 0 spiro atoms. The Kier molecular flexibility index (Phi) is 8.19. The van der Waals surface area contributed by atoms with E-state index in [0.717, 1.165) is 16.7 Å². The summed E-state index contributed by atoms with van der Waals surface area (Å²) in [5.74, 6) is -2.84. The van der Waals surface area contributed by atoms with Crippen LogP contribution in [0.4, 0.5) is 5.69 Å². The minimum Gasteiger partial charge on any atom is -0.380 e. The molecular formula is C26H28N4O5. The van der Waals surface area contributed by atoms with Gasteiger partial charge >= 0.3 is 0 Å². The topological polar surface area (TPSA) is 154 Å². The highest BCUT2D eigenvalue weighted by Gasteiger charge is 2.39. The number of hydroxylamine groups is 1. The number of hydrogen-bond acceptors (Lipinski definition) is 6. The van der Waals surface area contributed by atoms with Crippen LogP contribution in [0.15, 0.2) is 84.9 Å². The molecule has 0 radical (unpaired) electrons. The van der Waals surface area contributed by atoms with Gasteiger partial charge in [-0.3, -0.25) is 19.6 Å². The number of hydrogen-bond donors (Lipinski definition) is 6. The van der Waals surface area contributed by atoms with Crippen molar-refractivity contribution in [1.82, 2.24) is 10.8 Å². The van der Waals surface area contributed by atoms with Crippen LogP contribution in [0.1, 0.15) is 12.5 Å². The Morgan fingerprint density at radius 3 is 1.94 bits per heavy atom. The Morgan fingerprint density at radius 2 is 1.40 bits per heavy atom. The van der Waals surface area contributed by atoms with Gasteiger partial charge in [-0.05, 0) is 35.7 Å². The van der Waals surface area contributed by atoms with Crippen LogP contribution in [-0.2, 0) is 20.8 Å². The molecule has 0 saturated carbocycles. The minimum atomic E-state index is -1.97. The van der Waals surface area contributed by atoms with Crippen molar-refractivity contribution in [3.63, 3.8) is 0 Å². The lowest BCUT2D eigenvalue weighted by atomic mass is 9.91. The van der Waals surface area contributed by atoms with E-state index in [1.54, 1.807) is 36.4 Å². The number of anilines is 1. The van der Waals surface area contributed by atoms with Crippen LogP contribution in [0.25, 0.3) is 11.1 Å². The van der Waals surface area contributed by atoms with Gasteiger partial charge in [0.05, 0.1) is 0 Å². The van der Waals surface area contributed by atoms with Crippen molar-refractivity contribution in [1.29, 1.82) is 0 Å². The van der Waals surface area contributed by atoms with Crippen LogP contribution in [0, 0.1) is 0 Å². The van der Waals surface area contributed by atoms with Crippen LogP contribution in [0.3, 0.4) is 0 Å². The summed E-state index contributed by atoms with van der Waals surface area (Å²) in [6, 6.07) is 24.1. The van der Waals surface area contributed by atoms with Crippen molar-refractivity contribution in [2.75, 3.05) is 5.32 Å². The molecule has 0 aromatic heterocycles. The van der Waals surface area contributed by atoms with Gasteiger partial charge in [0.2, 0.25) is 11.8 Å². The summed E-state index contributed by atoms with van der Waals surface area (Å²) >= 11 is 0. The number of aliphatic hydroxyl groups is 1. The maximum atomic E-state index is 13.2. The van der Waals surface area contributed by atoms with E-state index in [1.807, 2.05) is 48.5 Å². The zero-order chi connectivity index (χ0) is 25.4. The lowest BCUT2D eigenvalue weighted by Crippen LogP contribution is -2.62. The van der Waals surface area contributed by atoms with E-state index < -0.39 is 35.4 Å². The first-order valence-electron chi connectivity index (χ1n) is 10.9. The lowest BCUT2D eigenvalue weighted by molar-refractivity contribution is -0.143. The molecule has 3 aromatic rings. The molecule has 0 aliphatic carbocycles. The van der Waals surface area contributed by atoms with Gasteiger partial charge in [-0.15, -0.1) is 0 Å². The van der Waals surface area contributed by atoms with Crippen molar-refractivity contribution in [2.45, 2.75) is 31.0 Å². The summed E-state index contributed by atoms with van der Waals surface area (Å²) in [6.45, 7) is 1.46. The standard InChI is InChI=1S/C26H28N4O5/c1-26(25(27)34,16-17-8-4-2-5-9-17)29-23(32)21(22(31)24(33)30-35)28-20-14-12-19(13-15-20)18-10-6-3-7-11-18/h2-15,21-22,28,31,35H,16H2,1H3,(H2,27,34)(H,29,32)(H,30,33). The van der Waals surface area contributed by atoms with Crippen molar-refractivity contribution >= 4 is 23.4 Å². The number of nitrogens with two attached hydrogens (primary N) is 1. The molecule has 9 heteroatoms. The molecule has 0 saturated heterocycles. The molecule has 3 amide bonds. The minimum absolute atomic E-state index is 0.0930. The van der Waals surface area contributed by atoms with Crippen LogP contribution in [-0.4, -0.2) is 45.7 Å². The lowest BCUT2D eigenvalue weighted by Gasteiger charge is -2.31. The number of benzene rings is 3. The molecule has 182 valence electrons. The largest absolute Gasteiger partial charge is 0.380 e. The van der Waals surface area contributed by atoms with E-state index in [9.17, 15) is 19.5 Å². The van der Waals surface area contributed by atoms with E-state index >= 15 is 0 Å². The number of nitrogens with one attached hydrogen (secondary N) is 3. The molecule has 3 unspecified atom stereocenters. The van der Waals surface area contributed by atoms with Crippen molar-refractivity contribution in [2.24, 2.45) is 5.73 Å². The van der Waals surface area contributed by atoms with Gasteiger partial charge < -0.3 is 21.5 Å². The number of rotatable bonds is 10. The highest BCUT2D eigenvalue weighted by atomic mass is 16.5. The third-order valence-electron chi connectivity index (χ3n) is 5.63. The number of carbonyl (C=O) groups excluding carboxylic acids is 3. The number of amides is 3. The zero-order valence-corrected chi connectivity index (χ0v) is 19.1. The summed E-state index contributed by atoms with van der Waals surface area (Å²) in [5, 5.41) is 24.8. The average molecular weight is 477 g/mol. The summed E-state index contributed by atoms with van der Waals surface area (Å²) in [6.07, 6.45) is -1.88. The monoisotopic (exact) mass is 476 g/mol. The molecule has 0 aliphatic heterocycles. The van der Waals surface area contributed by atoms with Gasteiger partial charge in [0.1, 0.15) is 11.6 Å². The first-order chi connectivity index (χ1) is 16.7. The summed E-state index contributed by atoms with van der Waals surface area (Å²) in [4.78, 5) is 37.4. The Morgan fingerprint density at radius 1 is 0.857 bits per heavy atom. The van der Waals surface area contributed by atoms with Crippen LogP contribution < -0.4 is 21.8 Å². The van der Waals surface area contributed by atoms with E-state index in [1.165, 1.54) is 12.4 Å². The quantitative estimate of drug-likeness (QED) is 0.193. The molecule has 9 nitrogen and oxygen atoms in total. The van der Waals surface area contributed by atoms with E-state index in [0.29, 0.717) is 5.69 Å². The van der Waals surface area contributed by atoms with Crippen molar-refractivity contribution in [3.05, 3.63) is 90.5 Å². The third kappa shape index (κ3) is 6.44. The Hall–Kier alpha value is -4.21. The number of aliphatic hydroxyl groups excluding tert-OH is 1. The predicted octanol–water partition coefficient (Wildman–Crippen LogP) is 1.60. The number of primary amides is 1. The van der Waals surface area contributed by atoms with Crippen LogP contribution in [0.5, 0.6) is 0 Å². The second-order valence-corrected chi connectivity index (χ2v) is 8.33. The molecule has 3 atom stereocenters. The molecule has 3 aromatic carbocycles. The Balaban J connectivity index is 1.83. The predicted molar refractivity (Wildman–Crippen MR) is 131 cm³/mol. The molecule has 0 heterocycles. The number of carbonyl (C=O) groups is 3. The fourth-order valence-corrected chi connectivity index (χ4v) is 3.62. The average Bonchev–Trinajstić information content (AvgIpc) is 2.87. The maximum absolute atomic E-state index is 13.2. The summed E-state index contributed by atoms with van der Waals surface area (Å²) in [5.41, 5.74) is 8.53. The van der Waals surface area contributed by atoms with Gasteiger partial charge in [-0.2, -0.15) is 0 Å². The van der Waals surface area contributed by atoms with Crippen molar-refractivity contribution in [3.8, 4) is 11.1 Å². The maximum Gasteiger partial charge on any atom is 0.274 e.